The molecule has 0 radical (unpaired) electrons. The van der Waals surface area contributed by atoms with E-state index in [1.54, 1.807) is 0 Å². The topological polar surface area (TPSA) is 15.6 Å². The molecule has 2 aromatic carbocycles. The van der Waals surface area contributed by atoms with Gasteiger partial charge in [-0.15, -0.1) is 0 Å². The second kappa shape index (κ2) is 7.05. The molecule has 0 spiro atoms. The number of benzene rings is 2. The van der Waals surface area contributed by atoms with Gasteiger partial charge in [0.1, 0.15) is 0 Å². The maximum absolute atomic E-state index is 6.18. The van der Waals surface area contributed by atoms with Crippen molar-refractivity contribution in [1.29, 1.82) is 0 Å². The van der Waals surface area contributed by atoms with Gasteiger partial charge in [0.05, 0.1) is 16.2 Å². The molecular formula is C22H25ClN2. The third-order valence-electron chi connectivity index (χ3n) is 4.65. The first kappa shape index (κ1) is 17.8. The number of hydrogen-bond donors (Lipinski definition) is 0. The Hall–Kier alpha value is -2.06. The zero-order chi connectivity index (χ0) is 18.0. The Morgan fingerprint density at radius 3 is 2.64 bits per heavy atom. The Balaban J connectivity index is 1.97. The molecule has 3 heteroatoms. The lowest BCUT2D eigenvalue weighted by molar-refractivity contribution is 0.550. The zero-order valence-electron chi connectivity index (χ0n) is 15.4. The second-order valence-electron chi connectivity index (χ2n) is 7.12. The summed E-state index contributed by atoms with van der Waals surface area (Å²) in [6.45, 7) is 10.0. The highest BCUT2D eigenvalue weighted by Crippen LogP contribution is 2.39. The molecule has 25 heavy (non-hydrogen) atoms. The average molecular weight is 353 g/mol. The molecule has 2 aromatic rings. The predicted molar refractivity (Wildman–Crippen MR) is 111 cm³/mol. The lowest BCUT2D eigenvalue weighted by atomic mass is 9.88. The predicted octanol–water partition coefficient (Wildman–Crippen LogP) is 6.50. The van der Waals surface area contributed by atoms with Crippen LogP contribution in [0.2, 0.25) is 5.02 Å². The molecule has 0 amide bonds. The molecule has 130 valence electrons. The molecule has 0 saturated carbocycles. The summed E-state index contributed by atoms with van der Waals surface area (Å²) in [5.41, 5.74) is 5.84. The summed E-state index contributed by atoms with van der Waals surface area (Å²) in [6.07, 6.45) is 5.38. The molecule has 0 saturated heterocycles. The van der Waals surface area contributed by atoms with E-state index < -0.39 is 0 Å². The SMILES string of the molecule is CCCN1c2ccc(C=Nc3ccccc3Cl)cc2C(C)=CC1(C)C. The zero-order valence-corrected chi connectivity index (χ0v) is 16.1. The molecule has 1 aliphatic heterocycles. The van der Waals surface area contributed by atoms with Gasteiger partial charge in [-0.3, -0.25) is 4.99 Å². The number of hydrogen-bond acceptors (Lipinski definition) is 2. The van der Waals surface area contributed by atoms with Crippen LogP contribution in [0, 0.1) is 0 Å². The minimum Gasteiger partial charge on any atom is -0.362 e. The van der Waals surface area contributed by atoms with Crippen LogP contribution in [-0.4, -0.2) is 18.3 Å². The number of fused-ring (bicyclic) bond motifs is 1. The molecule has 2 nitrogen and oxygen atoms in total. The molecule has 3 rings (SSSR count). The Labute approximate surface area is 155 Å². The summed E-state index contributed by atoms with van der Waals surface area (Å²) in [4.78, 5) is 7.03. The molecule has 0 N–H and O–H groups in total. The van der Waals surface area contributed by atoms with Crippen molar-refractivity contribution in [3.05, 3.63) is 64.7 Å². The molecule has 0 fully saturated rings. The number of nitrogens with zero attached hydrogens (tertiary/aromatic N) is 2. The Morgan fingerprint density at radius 2 is 1.92 bits per heavy atom. The molecular weight excluding hydrogens is 328 g/mol. The van der Waals surface area contributed by atoms with Crippen LogP contribution in [0.1, 0.15) is 45.2 Å². The third kappa shape index (κ3) is 3.64. The van der Waals surface area contributed by atoms with Gasteiger partial charge >= 0.3 is 0 Å². The van der Waals surface area contributed by atoms with E-state index in [-0.39, 0.29) is 5.54 Å². The molecule has 1 heterocycles. The van der Waals surface area contributed by atoms with E-state index in [9.17, 15) is 0 Å². The van der Waals surface area contributed by atoms with Gasteiger partial charge in [-0.2, -0.15) is 0 Å². The highest BCUT2D eigenvalue weighted by molar-refractivity contribution is 6.33. The molecule has 0 bridgehead atoms. The fourth-order valence-electron chi connectivity index (χ4n) is 3.51. The van der Waals surface area contributed by atoms with Gasteiger partial charge in [0.2, 0.25) is 0 Å². The first-order valence-corrected chi connectivity index (χ1v) is 9.20. The Morgan fingerprint density at radius 1 is 1.16 bits per heavy atom. The smallest absolute Gasteiger partial charge is 0.0816 e. The van der Waals surface area contributed by atoms with Crippen molar-refractivity contribution in [3.63, 3.8) is 0 Å². The fourth-order valence-corrected chi connectivity index (χ4v) is 3.70. The molecule has 0 unspecified atom stereocenters. The van der Waals surface area contributed by atoms with Crippen molar-refractivity contribution < 1.29 is 0 Å². The number of rotatable bonds is 4. The van der Waals surface area contributed by atoms with E-state index in [0.29, 0.717) is 5.02 Å². The number of para-hydroxylation sites is 1. The van der Waals surface area contributed by atoms with Crippen molar-refractivity contribution in [1.82, 2.24) is 0 Å². The molecule has 0 aromatic heterocycles. The number of anilines is 1. The van der Waals surface area contributed by atoms with Gasteiger partial charge in [0, 0.05) is 24.0 Å². The summed E-state index contributed by atoms with van der Waals surface area (Å²) in [5, 5.41) is 0.670. The quantitative estimate of drug-likeness (QED) is 0.573. The molecule has 0 atom stereocenters. The van der Waals surface area contributed by atoms with Crippen molar-refractivity contribution in [2.45, 2.75) is 39.7 Å². The normalized spacial score (nSPS) is 16.0. The van der Waals surface area contributed by atoms with E-state index in [1.807, 2.05) is 30.5 Å². The summed E-state index contributed by atoms with van der Waals surface area (Å²) < 4.78 is 0. The standard InChI is InChI=1S/C22H25ClN2/c1-5-12-25-21-11-10-17(13-18(21)16(2)14-22(25,3)4)15-24-20-9-7-6-8-19(20)23/h6-11,13-15H,5,12H2,1-4H3. The Bertz CT molecular complexity index is 834. The van der Waals surface area contributed by atoms with Crippen LogP contribution in [0.15, 0.2) is 53.5 Å². The number of allylic oxidation sites excluding steroid dienone is 1. The van der Waals surface area contributed by atoms with E-state index >= 15 is 0 Å². The van der Waals surface area contributed by atoms with Crippen LogP contribution in [0.5, 0.6) is 0 Å². The van der Waals surface area contributed by atoms with Crippen molar-refractivity contribution >= 4 is 34.8 Å². The van der Waals surface area contributed by atoms with Crippen molar-refractivity contribution in [2.24, 2.45) is 4.99 Å². The lowest BCUT2D eigenvalue weighted by Gasteiger charge is -2.43. The average Bonchev–Trinajstić information content (AvgIpc) is 2.57. The van der Waals surface area contributed by atoms with Crippen LogP contribution >= 0.6 is 11.6 Å². The van der Waals surface area contributed by atoms with Crippen molar-refractivity contribution in [3.8, 4) is 0 Å². The number of halogens is 1. The molecule has 0 aliphatic carbocycles. The summed E-state index contributed by atoms with van der Waals surface area (Å²) in [7, 11) is 0. The van der Waals surface area contributed by atoms with Gasteiger partial charge in [0.25, 0.3) is 0 Å². The van der Waals surface area contributed by atoms with Gasteiger partial charge in [-0.25, -0.2) is 0 Å². The summed E-state index contributed by atoms with van der Waals surface area (Å²) in [5.74, 6) is 0. The van der Waals surface area contributed by atoms with Gasteiger partial charge in [-0.1, -0.05) is 42.8 Å². The minimum atomic E-state index is 0.0419. The van der Waals surface area contributed by atoms with E-state index in [1.165, 1.54) is 16.8 Å². The monoisotopic (exact) mass is 352 g/mol. The molecule has 1 aliphatic rings. The fraction of sp³-hybridized carbons (Fsp3) is 0.318. The highest BCUT2D eigenvalue weighted by atomic mass is 35.5. The first-order valence-electron chi connectivity index (χ1n) is 8.82. The van der Waals surface area contributed by atoms with Gasteiger partial charge in [0.15, 0.2) is 0 Å². The largest absolute Gasteiger partial charge is 0.362 e. The van der Waals surface area contributed by atoms with E-state index in [2.05, 4.69) is 61.9 Å². The maximum Gasteiger partial charge on any atom is 0.0816 e. The van der Waals surface area contributed by atoms with Crippen molar-refractivity contribution in [2.75, 3.05) is 11.4 Å². The second-order valence-corrected chi connectivity index (χ2v) is 7.53. The first-order chi connectivity index (χ1) is 11.9. The van der Waals surface area contributed by atoms with E-state index in [4.69, 9.17) is 11.6 Å². The van der Waals surface area contributed by atoms with Crippen LogP contribution in [-0.2, 0) is 0 Å². The third-order valence-corrected chi connectivity index (χ3v) is 4.97. The minimum absolute atomic E-state index is 0.0419. The Kier molecular flexibility index (Phi) is 5.01. The van der Waals surface area contributed by atoms with E-state index in [0.717, 1.165) is 24.2 Å². The maximum atomic E-state index is 6.18. The lowest BCUT2D eigenvalue weighted by Crippen LogP contribution is -2.45. The summed E-state index contributed by atoms with van der Waals surface area (Å²) in [6, 6.07) is 14.2. The van der Waals surface area contributed by atoms with Gasteiger partial charge < -0.3 is 4.90 Å². The highest BCUT2D eigenvalue weighted by Gasteiger charge is 2.30. The summed E-state index contributed by atoms with van der Waals surface area (Å²) >= 11 is 6.18. The van der Waals surface area contributed by atoms with Gasteiger partial charge in [-0.05, 0) is 62.6 Å². The van der Waals surface area contributed by atoms with Crippen LogP contribution in [0.4, 0.5) is 11.4 Å². The van der Waals surface area contributed by atoms with Crippen LogP contribution < -0.4 is 4.90 Å². The van der Waals surface area contributed by atoms with Crippen LogP contribution in [0.3, 0.4) is 0 Å². The number of aliphatic imine (C=N–C) groups is 1. The van der Waals surface area contributed by atoms with Crippen LogP contribution in [0.25, 0.3) is 5.57 Å².